The Morgan fingerprint density at radius 2 is 1.57 bits per heavy atom. The van der Waals surface area contributed by atoms with Gasteiger partial charge in [-0.2, -0.15) is 4.31 Å². The molecular weight excluding hydrogens is 382 g/mol. The van der Waals surface area contributed by atoms with Crippen LogP contribution >= 0.6 is 0 Å². The lowest BCUT2D eigenvalue weighted by molar-refractivity contribution is -0.384. The summed E-state index contributed by atoms with van der Waals surface area (Å²) in [7, 11) is -3.49. The minimum absolute atomic E-state index is 0.0488. The van der Waals surface area contributed by atoms with Crippen molar-refractivity contribution in [2.45, 2.75) is 11.3 Å². The minimum Gasteiger partial charge on any atom is -0.300 e. The Kier molecular flexibility index (Phi) is 6.18. The molecule has 9 heteroatoms. The number of hydrogen-bond acceptors (Lipinski definition) is 6. The molecule has 0 aliphatic carbocycles. The Balaban J connectivity index is 1.50. The van der Waals surface area contributed by atoms with Gasteiger partial charge < -0.3 is 4.90 Å². The number of nitrogens with zero attached hydrogens (tertiary/aromatic N) is 3. The summed E-state index contributed by atoms with van der Waals surface area (Å²) >= 11 is 0. The molecule has 0 spiro atoms. The first kappa shape index (κ1) is 20.1. The first-order valence-electron chi connectivity index (χ1n) is 8.93. The topological polar surface area (TPSA) is 101 Å². The third kappa shape index (κ3) is 4.61. The van der Waals surface area contributed by atoms with E-state index in [4.69, 9.17) is 0 Å². The predicted molar refractivity (Wildman–Crippen MR) is 104 cm³/mol. The van der Waals surface area contributed by atoms with Gasteiger partial charge >= 0.3 is 0 Å². The molecule has 0 bridgehead atoms. The zero-order chi connectivity index (χ0) is 20.1. The molecule has 0 unspecified atom stereocenters. The average molecular weight is 403 g/mol. The van der Waals surface area contributed by atoms with E-state index in [-0.39, 0.29) is 22.8 Å². The van der Waals surface area contributed by atoms with Crippen molar-refractivity contribution in [3.63, 3.8) is 0 Å². The number of benzene rings is 2. The zero-order valence-electron chi connectivity index (χ0n) is 15.2. The number of ketones is 1. The first-order valence-corrected chi connectivity index (χ1v) is 10.4. The third-order valence-corrected chi connectivity index (χ3v) is 6.68. The molecule has 0 N–H and O–H groups in total. The second-order valence-electron chi connectivity index (χ2n) is 6.54. The van der Waals surface area contributed by atoms with Crippen molar-refractivity contribution in [2.24, 2.45) is 0 Å². The summed E-state index contributed by atoms with van der Waals surface area (Å²) in [6.07, 6.45) is 0.281. The fourth-order valence-corrected chi connectivity index (χ4v) is 4.55. The maximum Gasteiger partial charge on any atom is 0.269 e. The maximum atomic E-state index is 12.6. The molecular formula is C19H21N3O5S. The molecule has 1 aliphatic heterocycles. The Morgan fingerprint density at radius 3 is 2.14 bits per heavy atom. The summed E-state index contributed by atoms with van der Waals surface area (Å²) in [5.41, 5.74) is 0.392. The van der Waals surface area contributed by atoms with Crippen LogP contribution in [0.3, 0.4) is 0 Å². The number of non-ortho nitro benzene ring substituents is 1. The van der Waals surface area contributed by atoms with E-state index in [2.05, 4.69) is 4.90 Å². The molecule has 1 aliphatic rings. The van der Waals surface area contributed by atoms with Crippen LogP contribution in [0.5, 0.6) is 0 Å². The van der Waals surface area contributed by atoms with Crippen LogP contribution in [-0.2, 0) is 10.0 Å². The largest absolute Gasteiger partial charge is 0.300 e. The predicted octanol–water partition coefficient (Wildman–Crippen LogP) is 2.17. The molecule has 3 rings (SSSR count). The summed E-state index contributed by atoms with van der Waals surface area (Å²) in [5.74, 6) is -0.0887. The van der Waals surface area contributed by atoms with E-state index >= 15 is 0 Å². The molecule has 0 aromatic heterocycles. The molecule has 0 amide bonds. The summed E-state index contributed by atoms with van der Waals surface area (Å²) in [4.78, 5) is 24.8. The zero-order valence-corrected chi connectivity index (χ0v) is 16.0. The standard InChI is InChI=1S/C19H21N3O5S/c23-19(16-6-8-17(9-7-16)22(24)25)10-11-20-12-14-21(15-13-20)28(26,27)18-4-2-1-3-5-18/h1-9H,10-15H2. The summed E-state index contributed by atoms with van der Waals surface area (Å²) in [5, 5.41) is 10.7. The van der Waals surface area contributed by atoms with Crippen LogP contribution < -0.4 is 0 Å². The monoisotopic (exact) mass is 403 g/mol. The van der Waals surface area contributed by atoms with Crippen molar-refractivity contribution >= 4 is 21.5 Å². The van der Waals surface area contributed by atoms with Gasteiger partial charge in [0, 0.05) is 56.8 Å². The van der Waals surface area contributed by atoms with Crippen LogP contribution in [0.2, 0.25) is 0 Å². The molecule has 2 aromatic carbocycles. The van der Waals surface area contributed by atoms with Crippen LogP contribution in [-0.4, -0.2) is 61.1 Å². The number of piperazine rings is 1. The number of carbonyl (C=O) groups excluding carboxylic acids is 1. The highest BCUT2D eigenvalue weighted by Crippen LogP contribution is 2.18. The Morgan fingerprint density at radius 1 is 0.964 bits per heavy atom. The molecule has 0 radical (unpaired) electrons. The number of hydrogen-bond donors (Lipinski definition) is 0. The first-order chi connectivity index (χ1) is 13.4. The number of rotatable bonds is 7. The average Bonchev–Trinajstić information content (AvgIpc) is 2.73. The fourth-order valence-electron chi connectivity index (χ4n) is 3.11. The third-order valence-electron chi connectivity index (χ3n) is 4.77. The quantitative estimate of drug-likeness (QED) is 0.399. The lowest BCUT2D eigenvalue weighted by atomic mass is 10.1. The highest BCUT2D eigenvalue weighted by molar-refractivity contribution is 7.89. The van der Waals surface area contributed by atoms with Crippen molar-refractivity contribution < 1.29 is 18.1 Å². The smallest absolute Gasteiger partial charge is 0.269 e. The summed E-state index contributed by atoms with van der Waals surface area (Å²) in [6.45, 7) is 2.39. The Hall–Kier alpha value is -2.62. The van der Waals surface area contributed by atoms with Crippen LogP contribution in [0.15, 0.2) is 59.5 Å². The van der Waals surface area contributed by atoms with Crippen LogP contribution in [0.25, 0.3) is 0 Å². The van der Waals surface area contributed by atoms with E-state index < -0.39 is 14.9 Å². The fraction of sp³-hybridized carbons (Fsp3) is 0.316. The number of carbonyl (C=O) groups is 1. The lowest BCUT2D eigenvalue weighted by Crippen LogP contribution is -2.48. The summed E-state index contributed by atoms with van der Waals surface area (Å²) < 4.78 is 26.7. The Labute approximate surface area is 163 Å². The highest BCUT2D eigenvalue weighted by Gasteiger charge is 2.28. The van der Waals surface area contributed by atoms with Gasteiger partial charge in [-0.15, -0.1) is 0 Å². The molecule has 1 saturated heterocycles. The van der Waals surface area contributed by atoms with E-state index in [0.29, 0.717) is 38.3 Å². The SMILES string of the molecule is O=C(CCN1CCN(S(=O)(=O)c2ccccc2)CC1)c1ccc([N+](=O)[O-])cc1. The van der Waals surface area contributed by atoms with Gasteiger partial charge in [0.05, 0.1) is 9.82 Å². The molecule has 2 aromatic rings. The van der Waals surface area contributed by atoms with Crippen molar-refractivity contribution in [3.05, 3.63) is 70.3 Å². The molecule has 8 nitrogen and oxygen atoms in total. The molecule has 0 saturated carbocycles. The molecule has 1 heterocycles. The minimum atomic E-state index is -3.49. The van der Waals surface area contributed by atoms with Crippen LogP contribution in [0, 0.1) is 10.1 Å². The van der Waals surface area contributed by atoms with E-state index in [1.54, 1.807) is 30.3 Å². The molecule has 28 heavy (non-hydrogen) atoms. The van der Waals surface area contributed by atoms with E-state index in [9.17, 15) is 23.3 Å². The number of sulfonamides is 1. The number of Topliss-reactive ketones (excluding diaryl/α,β-unsaturated/α-hetero) is 1. The van der Waals surface area contributed by atoms with Gasteiger partial charge in [0.25, 0.3) is 5.69 Å². The van der Waals surface area contributed by atoms with Gasteiger partial charge in [-0.25, -0.2) is 8.42 Å². The van der Waals surface area contributed by atoms with Gasteiger partial charge in [-0.05, 0) is 24.3 Å². The summed E-state index contributed by atoms with van der Waals surface area (Å²) in [6, 6.07) is 13.9. The normalized spacial score (nSPS) is 16.0. The second kappa shape index (κ2) is 8.59. The van der Waals surface area contributed by atoms with Gasteiger partial charge in [0.15, 0.2) is 5.78 Å². The van der Waals surface area contributed by atoms with E-state index in [1.807, 2.05) is 0 Å². The lowest BCUT2D eigenvalue weighted by Gasteiger charge is -2.33. The van der Waals surface area contributed by atoms with E-state index in [0.717, 1.165) is 0 Å². The van der Waals surface area contributed by atoms with Gasteiger partial charge in [0.2, 0.25) is 10.0 Å². The van der Waals surface area contributed by atoms with Crippen molar-refractivity contribution in [1.82, 2.24) is 9.21 Å². The number of nitro benzene ring substituents is 1. The van der Waals surface area contributed by atoms with Crippen molar-refractivity contribution in [3.8, 4) is 0 Å². The maximum absolute atomic E-state index is 12.6. The van der Waals surface area contributed by atoms with E-state index in [1.165, 1.54) is 28.6 Å². The molecule has 1 fully saturated rings. The van der Waals surface area contributed by atoms with Gasteiger partial charge in [0.1, 0.15) is 0 Å². The van der Waals surface area contributed by atoms with Gasteiger partial charge in [-0.3, -0.25) is 14.9 Å². The van der Waals surface area contributed by atoms with Crippen LogP contribution in [0.4, 0.5) is 5.69 Å². The highest BCUT2D eigenvalue weighted by atomic mass is 32.2. The van der Waals surface area contributed by atoms with Crippen LogP contribution in [0.1, 0.15) is 16.8 Å². The molecule has 148 valence electrons. The Bertz CT molecular complexity index is 937. The van der Waals surface area contributed by atoms with Gasteiger partial charge in [-0.1, -0.05) is 18.2 Å². The molecule has 0 atom stereocenters. The second-order valence-corrected chi connectivity index (χ2v) is 8.47. The van der Waals surface area contributed by atoms with Crippen molar-refractivity contribution in [1.29, 1.82) is 0 Å². The van der Waals surface area contributed by atoms with Crippen molar-refractivity contribution in [2.75, 3.05) is 32.7 Å². The number of nitro groups is 1.